The third kappa shape index (κ3) is 1.75. The number of aromatic nitrogens is 2. The average molecular weight is 227 g/mol. The second-order valence-corrected chi connectivity index (χ2v) is 5.79. The fourth-order valence-electron chi connectivity index (χ4n) is 2.48. The van der Waals surface area contributed by atoms with E-state index in [1.165, 1.54) is 42.6 Å². The van der Waals surface area contributed by atoms with E-state index in [0.29, 0.717) is 5.92 Å². The van der Waals surface area contributed by atoms with Crippen LogP contribution < -0.4 is 5.73 Å². The molecule has 2 aromatic rings. The number of nitrogens with two attached hydrogens (primary N) is 1. The van der Waals surface area contributed by atoms with Gasteiger partial charge in [0.05, 0.1) is 11.0 Å². The van der Waals surface area contributed by atoms with Crippen molar-refractivity contribution in [2.45, 2.75) is 43.6 Å². The van der Waals surface area contributed by atoms with E-state index in [4.69, 9.17) is 5.73 Å². The van der Waals surface area contributed by atoms with Crippen molar-refractivity contribution >= 4 is 11.0 Å². The molecule has 0 spiro atoms. The van der Waals surface area contributed by atoms with Gasteiger partial charge in [0.25, 0.3) is 0 Å². The van der Waals surface area contributed by atoms with Crippen LogP contribution in [0.25, 0.3) is 11.0 Å². The zero-order chi connectivity index (χ0) is 11.5. The van der Waals surface area contributed by atoms with Crippen molar-refractivity contribution in [3.05, 3.63) is 29.6 Å². The second kappa shape index (κ2) is 3.10. The molecule has 0 saturated heterocycles. The maximum absolute atomic E-state index is 6.16. The van der Waals surface area contributed by atoms with Gasteiger partial charge in [-0.15, -0.1) is 0 Å². The smallest absolute Gasteiger partial charge is 0.110 e. The molecule has 2 aliphatic carbocycles. The lowest BCUT2D eigenvalue weighted by Crippen LogP contribution is -2.24. The quantitative estimate of drug-likeness (QED) is 0.846. The minimum atomic E-state index is 0.0903. The van der Waals surface area contributed by atoms with Crippen LogP contribution in [0.15, 0.2) is 18.2 Å². The molecule has 88 valence electrons. The number of rotatable bonds is 3. The van der Waals surface area contributed by atoms with Gasteiger partial charge in [-0.2, -0.15) is 0 Å². The van der Waals surface area contributed by atoms with Crippen LogP contribution in [-0.2, 0) is 6.42 Å². The molecule has 3 nitrogen and oxygen atoms in total. The van der Waals surface area contributed by atoms with E-state index in [1.807, 2.05) is 0 Å². The highest BCUT2D eigenvalue weighted by molar-refractivity contribution is 5.76. The zero-order valence-corrected chi connectivity index (χ0v) is 9.87. The van der Waals surface area contributed by atoms with E-state index >= 15 is 0 Å². The van der Waals surface area contributed by atoms with Crippen molar-refractivity contribution in [2.75, 3.05) is 0 Å². The standard InChI is InChI=1S/C14H17N3/c15-14(5-6-14)8-9-1-4-11-12(7-9)17-13(16-11)10-2-3-10/h1,4,7,10H,2-3,5-6,8,15H2,(H,16,17). The van der Waals surface area contributed by atoms with Crippen LogP contribution in [0.1, 0.15) is 43.0 Å². The molecule has 3 N–H and O–H groups in total. The average Bonchev–Trinajstić information content (AvgIpc) is 3.21. The Morgan fingerprint density at radius 3 is 2.88 bits per heavy atom. The van der Waals surface area contributed by atoms with Gasteiger partial charge in [0.2, 0.25) is 0 Å². The number of H-pyrrole nitrogens is 1. The SMILES string of the molecule is NC1(Cc2ccc3nc(C4CC4)[nH]c3c2)CC1. The van der Waals surface area contributed by atoms with Gasteiger partial charge in [-0.3, -0.25) is 0 Å². The van der Waals surface area contributed by atoms with Crippen molar-refractivity contribution in [1.82, 2.24) is 9.97 Å². The molecule has 0 amide bonds. The third-order valence-electron chi connectivity index (χ3n) is 3.98. The Balaban J connectivity index is 1.70. The van der Waals surface area contributed by atoms with Crippen molar-refractivity contribution in [3.63, 3.8) is 0 Å². The number of imidazole rings is 1. The van der Waals surface area contributed by atoms with Crippen LogP contribution in [0.3, 0.4) is 0 Å². The fourth-order valence-corrected chi connectivity index (χ4v) is 2.48. The summed E-state index contributed by atoms with van der Waals surface area (Å²) in [6, 6.07) is 6.52. The van der Waals surface area contributed by atoms with Gasteiger partial charge < -0.3 is 10.7 Å². The van der Waals surface area contributed by atoms with Crippen molar-refractivity contribution < 1.29 is 0 Å². The van der Waals surface area contributed by atoms with Crippen LogP contribution in [0.4, 0.5) is 0 Å². The highest BCUT2D eigenvalue weighted by Crippen LogP contribution is 2.39. The first-order chi connectivity index (χ1) is 8.22. The molecule has 0 atom stereocenters. The highest BCUT2D eigenvalue weighted by Gasteiger charge is 2.38. The van der Waals surface area contributed by atoms with Gasteiger partial charge in [0.15, 0.2) is 0 Å². The monoisotopic (exact) mass is 227 g/mol. The number of fused-ring (bicyclic) bond motifs is 1. The van der Waals surface area contributed by atoms with E-state index < -0.39 is 0 Å². The molecule has 0 bridgehead atoms. The van der Waals surface area contributed by atoms with Crippen LogP contribution in [-0.4, -0.2) is 15.5 Å². The first kappa shape index (κ1) is 9.66. The summed E-state index contributed by atoms with van der Waals surface area (Å²) in [5.41, 5.74) is 9.86. The van der Waals surface area contributed by atoms with Gasteiger partial charge >= 0.3 is 0 Å². The number of hydrogen-bond donors (Lipinski definition) is 2. The summed E-state index contributed by atoms with van der Waals surface area (Å²) in [7, 11) is 0. The van der Waals surface area contributed by atoms with Gasteiger partial charge in [0.1, 0.15) is 5.82 Å². The summed E-state index contributed by atoms with van der Waals surface area (Å²) in [4.78, 5) is 8.09. The number of nitrogens with zero attached hydrogens (tertiary/aromatic N) is 1. The molecule has 0 unspecified atom stereocenters. The summed E-state index contributed by atoms with van der Waals surface area (Å²) in [6.45, 7) is 0. The molecule has 3 heteroatoms. The Morgan fingerprint density at radius 1 is 1.35 bits per heavy atom. The molecule has 1 heterocycles. The molecule has 2 fully saturated rings. The number of benzene rings is 1. The third-order valence-corrected chi connectivity index (χ3v) is 3.98. The molecule has 0 aliphatic heterocycles. The molecule has 1 aromatic heterocycles. The predicted octanol–water partition coefficient (Wildman–Crippen LogP) is 2.47. The lowest BCUT2D eigenvalue weighted by atomic mass is 10.0. The van der Waals surface area contributed by atoms with Crippen LogP contribution >= 0.6 is 0 Å². The maximum atomic E-state index is 6.16. The van der Waals surface area contributed by atoms with Crippen LogP contribution in [0, 0.1) is 0 Å². The summed E-state index contributed by atoms with van der Waals surface area (Å²) in [5.74, 6) is 1.86. The number of nitrogens with one attached hydrogen (secondary N) is 1. The van der Waals surface area contributed by atoms with Crippen LogP contribution in [0.5, 0.6) is 0 Å². The minimum Gasteiger partial charge on any atom is -0.342 e. The Labute approximate surface area is 100 Å². The second-order valence-electron chi connectivity index (χ2n) is 5.79. The van der Waals surface area contributed by atoms with Crippen LogP contribution in [0.2, 0.25) is 0 Å². The normalized spacial score (nSPS) is 21.9. The summed E-state index contributed by atoms with van der Waals surface area (Å²) >= 11 is 0. The zero-order valence-electron chi connectivity index (χ0n) is 9.87. The molecule has 2 aliphatic rings. The lowest BCUT2D eigenvalue weighted by molar-refractivity contribution is 0.672. The molecule has 4 rings (SSSR count). The first-order valence-electron chi connectivity index (χ1n) is 6.49. The number of hydrogen-bond acceptors (Lipinski definition) is 2. The lowest BCUT2D eigenvalue weighted by Gasteiger charge is -2.07. The van der Waals surface area contributed by atoms with Crippen molar-refractivity contribution in [1.29, 1.82) is 0 Å². The fraction of sp³-hybridized carbons (Fsp3) is 0.500. The van der Waals surface area contributed by atoms with Gasteiger partial charge in [-0.25, -0.2) is 4.98 Å². The number of aromatic amines is 1. The Hall–Kier alpha value is -1.35. The molecular weight excluding hydrogens is 210 g/mol. The summed E-state index contributed by atoms with van der Waals surface area (Å²) in [5, 5.41) is 0. The Kier molecular flexibility index (Phi) is 1.76. The largest absolute Gasteiger partial charge is 0.342 e. The predicted molar refractivity (Wildman–Crippen MR) is 67.9 cm³/mol. The van der Waals surface area contributed by atoms with E-state index in [9.17, 15) is 0 Å². The van der Waals surface area contributed by atoms with Gasteiger partial charge in [0, 0.05) is 11.5 Å². The summed E-state index contributed by atoms with van der Waals surface area (Å²) in [6.07, 6.45) is 5.92. The Bertz CT molecular complexity index is 576. The maximum Gasteiger partial charge on any atom is 0.110 e. The van der Waals surface area contributed by atoms with E-state index in [2.05, 4.69) is 28.2 Å². The van der Waals surface area contributed by atoms with E-state index in [1.54, 1.807) is 0 Å². The Morgan fingerprint density at radius 2 is 2.18 bits per heavy atom. The van der Waals surface area contributed by atoms with Gasteiger partial charge in [-0.1, -0.05) is 6.07 Å². The minimum absolute atomic E-state index is 0.0903. The van der Waals surface area contributed by atoms with E-state index in [0.717, 1.165) is 11.9 Å². The molecule has 0 radical (unpaired) electrons. The van der Waals surface area contributed by atoms with Crippen molar-refractivity contribution in [2.24, 2.45) is 5.73 Å². The molecular formula is C14H17N3. The molecule has 1 aromatic carbocycles. The topological polar surface area (TPSA) is 54.7 Å². The van der Waals surface area contributed by atoms with E-state index in [-0.39, 0.29) is 5.54 Å². The van der Waals surface area contributed by atoms with Gasteiger partial charge in [-0.05, 0) is 49.8 Å². The molecule has 17 heavy (non-hydrogen) atoms. The highest BCUT2D eigenvalue weighted by atomic mass is 14.9. The summed E-state index contributed by atoms with van der Waals surface area (Å²) < 4.78 is 0. The molecule has 2 saturated carbocycles. The van der Waals surface area contributed by atoms with Crippen molar-refractivity contribution in [3.8, 4) is 0 Å². The first-order valence-corrected chi connectivity index (χ1v) is 6.49.